The number of rotatable bonds is 4. The van der Waals surface area contributed by atoms with Gasteiger partial charge in [-0.05, 0) is 12.8 Å². The van der Waals surface area contributed by atoms with Crippen LogP contribution in [0.1, 0.15) is 26.2 Å². The first kappa shape index (κ1) is 12.1. The van der Waals surface area contributed by atoms with Crippen molar-refractivity contribution in [3.05, 3.63) is 0 Å². The van der Waals surface area contributed by atoms with Gasteiger partial charge in [0.2, 0.25) is 5.79 Å². The van der Waals surface area contributed by atoms with Gasteiger partial charge < -0.3 is 14.2 Å². The minimum absolute atomic E-state index is 0.0882. The summed E-state index contributed by atoms with van der Waals surface area (Å²) in [6, 6.07) is 0. The van der Waals surface area contributed by atoms with Gasteiger partial charge in [-0.3, -0.25) is 4.79 Å². The molecule has 4 atom stereocenters. The zero-order valence-corrected chi connectivity index (χ0v) is 11.4. The van der Waals surface area contributed by atoms with Crippen LogP contribution in [0.3, 0.4) is 0 Å². The van der Waals surface area contributed by atoms with E-state index in [1.54, 1.807) is 10.8 Å². The smallest absolute Gasteiger partial charge is 0.315 e. The van der Waals surface area contributed by atoms with Crippen molar-refractivity contribution in [2.75, 3.05) is 12.4 Å². The van der Waals surface area contributed by atoms with Crippen LogP contribution < -0.4 is 0 Å². The molecule has 0 radical (unpaired) electrons. The second-order valence-corrected chi connectivity index (χ2v) is 7.18. The molecule has 3 aliphatic rings. The molecule has 0 bridgehead atoms. The monoisotopic (exact) mass is 276 g/mol. The van der Waals surface area contributed by atoms with Crippen LogP contribution in [-0.4, -0.2) is 35.7 Å². The maximum Gasteiger partial charge on any atom is 0.315 e. The van der Waals surface area contributed by atoms with Crippen LogP contribution in [0.25, 0.3) is 0 Å². The molecular weight excluding hydrogens is 260 g/mol. The average Bonchev–Trinajstić information content (AvgIpc) is 2.90. The molecule has 3 aliphatic heterocycles. The van der Waals surface area contributed by atoms with E-state index in [2.05, 4.69) is 6.92 Å². The van der Waals surface area contributed by atoms with Crippen molar-refractivity contribution in [2.45, 2.75) is 43.5 Å². The Bertz CT molecular complexity index is 325. The molecule has 4 nitrogen and oxygen atoms in total. The second kappa shape index (κ2) is 4.64. The molecule has 0 saturated carbocycles. The van der Waals surface area contributed by atoms with Crippen LogP contribution in [0.2, 0.25) is 0 Å². The van der Waals surface area contributed by atoms with Gasteiger partial charge in [0.1, 0.15) is 11.4 Å². The summed E-state index contributed by atoms with van der Waals surface area (Å²) in [6.07, 6.45) is 2.45. The van der Waals surface area contributed by atoms with E-state index in [0.29, 0.717) is 6.61 Å². The van der Waals surface area contributed by atoms with Gasteiger partial charge in [-0.1, -0.05) is 28.5 Å². The summed E-state index contributed by atoms with van der Waals surface area (Å²) in [5, 5.41) is 0. The van der Waals surface area contributed by atoms with Gasteiger partial charge in [-0.15, -0.1) is 0 Å². The van der Waals surface area contributed by atoms with Crippen LogP contribution >= 0.6 is 21.6 Å². The minimum atomic E-state index is -0.748. The molecule has 0 aromatic heterocycles. The molecule has 0 amide bonds. The van der Waals surface area contributed by atoms with Crippen LogP contribution in [0.5, 0.6) is 0 Å². The number of carbonyl (C=O) groups is 1. The zero-order valence-electron chi connectivity index (χ0n) is 9.72. The van der Waals surface area contributed by atoms with E-state index >= 15 is 0 Å². The average molecular weight is 276 g/mol. The van der Waals surface area contributed by atoms with Crippen LogP contribution in [-0.2, 0) is 19.0 Å². The molecule has 4 unspecified atom stereocenters. The molecule has 1 spiro atoms. The fourth-order valence-electron chi connectivity index (χ4n) is 2.64. The Morgan fingerprint density at radius 2 is 2.41 bits per heavy atom. The SMILES string of the molecule is CCCSSC1CC2OC(=O)C3CCOC23O1. The van der Waals surface area contributed by atoms with Crippen molar-refractivity contribution in [3.8, 4) is 0 Å². The van der Waals surface area contributed by atoms with E-state index < -0.39 is 5.79 Å². The Balaban J connectivity index is 1.65. The minimum Gasteiger partial charge on any atom is -0.456 e. The lowest BCUT2D eigenvalue weighted by molar-refractivity contribution is -0.212. The van der Waals surface area contributed by atoms with E-state index in [0.717, 1.165) is 25.0 Å². The highest BCUT2D eigenvalue weighted by atomic mass is 33.1. The maximum atomic E-state index is 11.6. The van der Waals surface area contributed by atoms with E-state index in [-0.39, 0.29) is 23.4 Å². The Hall–Kier alpha value is 0.0900. The van der Waals surface area contributed by atoms with Crippen molar-refractivity contribution in [1.29, 1.82) is 0 Å². The summed E-state index contributed by atoms with van der Waals surface area (Å²) < 4.78 is 17.1. The van der Waals surface area contributed by atoms with E-state index in [9.17, 15) is 4.79 Å². The molecule has 0 aromatic carbocycles. The van der Waals surface area contributed by atoms with Crippen LogP contribution in [0.4, 0.5) is 0 Å². The number of hydrogen-bond donors (Lipinski definition) is 0. The summed E-state index contributed by atoms with van der Waals surface area (Å²) in [5.41, 5.74) is 0.0882. The van der Waals surface area contributed by atoms with Gasteiger partial charge in [-0.25, -0.2) is 0 Å². The second-order valence-electron chi connectivity index (χ2n) is 4.54. The first-order valence-electron chi connectivity index (χ1n) is 6.07. The van der Waals surface area contributed by atoms with Crippen molar-refractivity contribution in [2.24, 2.45) is 5.92 Å². The number of ether oxygens (including phenoxy) is 3. The molecule has 17 heavy (non-hydrogen) atoms. The number of carbonyl (C=O) groups excluding carboxylic acids is 1. The maximum absolute atomic E-state index is 11.6. The van der Waals surface area contributed by atoms with Gasteiger partial charge in [0.15, 0.2) is 6.10 Å². The van der Waals surface area contributed by atoms with Gasteiger partial charge in [0.25, 0.3) is 0 Å². The number of esters is 1. The highest BCUT2D eigenvalue weighted by Crippen LogP contribution is 2.53. The van der Waals surface area contributed by atoms with Crippen molar-refractivity contribution in [3.63, 3.8) is 0 Å². The third-order valence-electron chi connectivity index (χ3n) is 3.40. The zero-order chi connectivity index (χ0) is 11.9. The largest absolute Gasteiger partial charge is 0.456 e. The number of hydrogen-bond acceptors (Lipinski definition) is 6. The molecule has 0 aromatic rings. The van der Waals surface area contributed by atoms with Gasteiger partial charge in [0.05, 0.1) is 6.61 Å². The lowest BCUT2D eigenvalue weighted by Crippen LogP contribution is -2.40. The van der Waals surface area contributed by atoms with E-state index in [1.165, 1.54) is 0 Å². The Labute approximate surface area is 109 Å². The van der Waals surface area contributed by atoms with E-state index in [1.807, 2.05) is 10.8 Å². The fraction of sp³-hybridized carbons (Fsp3) is 0.909. The molecular formula is C11H16O4S2. The summed E-state index contributed by atoms with van der Waals surface area (Å²) >= 11 is 0. The molecule has 96 valence electrons. The Morgan fingerprint density at radius 1 is 1.53 bits per heavy atom. The predicted molar refractivity (Wildman–Crippen MR) is 66.5 cm³/mol. The fourth-order valence-corrected chi connectivity index (χ4v) is 5.10. The van der Waals surface area contributed by atoms with Gasteiger partial charge in [-0.2, -0.15) is 0 Å². The highest BCUT2D eigenvalue weighted by molar-refractivity contribution is 8.76. The highest BCUT2D eigenvalue weighted by Gasteiger charge is 2.67. The molecule has 0 N–H and O–H groups in total. The molecule has 0 aliphatic carbocycles. The topological polar surface area (TPSA) is 44.8 Å². The first-order valence-corrected chi connectivity index (χ1v) is 8.45. The van der Waals surface area contributed by atoms with Crippen LogP contribution in [0.15, 0.2) is 0 Å². The first-order chi connectivity index (χ1) is 8.26. The lowest BCUT2D eigenvalue weighted by Gasteiger charge is -2.24. The van der Waals surface area contributed by atoms with Crippen LogP contribution in [0, 0.1) is 5.92 Å². The van der Waals surface area contributed by atoms with Gasteiger partial charge >= 0.3 is 5.97 Å². The summed E-state index contributed by atoms with van der Waals surface area (Å²) in [4.78, 5) is 11.6. The third-order valence-corrected chi connectivity index (χ3v) is 6.16. The molecule has 6 heteroatoms. The standard InChI is InChI=1S/C11H16O4S2/c1-2-5-16-17-9-6-8-11(15-9)7(3-4-13-11)10(12)14-8/h7-9H,2-6H2,1H3. The molecule has 3 fully saturated rings. The molecule has 3 saturated heterocycles. The van der Waals surface area contributed by atoms with Crippen molar-refractivity contribution < 1.29 is 19.0 Å². The molecule has 3 rings (SSSR count). The van der Waals surface area contributed by atoms with Crippen molar-refractivity contribution in [1.82, 2.24) is 0 Å². The summed E-state index contributed by atoms with van der Waals surface area (Å²) in [6.45, 7) is 2.77. The third kappa shape index (κ3) is 1.89. The molecule has 3 heterocycles. The van der Waals surface area contributed by atoms with Gasteiger partial charge in [0, 0.05) is 12.2 Å². The lowest BCUT2D eigenvalue weighted by atomic mass is 9.97. The predicted octanol–water partition coefficient (Wildman–Crippen LogP) is 2.18. The Kier molecular flexibility index (Phi) is 3.32. The Morgan fingerprint density at radius 3 is 3.24 bits per heavy atom. The van der Waals surface area contributed by atoms with Crippen molar-refractivity contribution >= 4 is 27.6 Å². The normalized spacial score (nSPS) is 43.6. The summed E-state index contributed by atoms with van der Waals surface area (Å²) in [7, 11) is 3.55. The summed E-state index contributed by atoms with van der Waals surface area (Å²) in [5.74, 6) is 0.0276. The quantitative estimate of drug-likeness (QED) is 0.445. The van der Waals surface area contributed by atoms with E-state index in [4.69, 9.17) is 14.2 Å².